The number of para-hydroxylation sites is 1. The summed E-state index contributed by atoms with van der Waals surface area (Å²) < 4.78 is 0. The van der Waals surface area contributed by atoms with Gasteiger partial charge in [-0.3, -0.25) is 9.59 Å². The number of nitrogens with zero attached hydrogens (tertiary/aromatic N) is 1. The summed E-state index contributed by atoms with van der Waals surface area (Å²) in [5, 5.41) is 7.29. The van der Waals surface area contributed by atoms with Crippen LogP contribution in [0.1, 0.15) is 63.5 Å². The highest BCUT2D eigenvalue weighted by molar-refractivity contribution is 5.91. The average molecular weight is 411 g/mol. The lowest BCUT2D eigenvalue weighted by Gasteiger charge is -2.35. The first-order valence-corrected chi connectivity index (χ1v) is 11.4. The third-order valence-electron chi connectivity index (χ3n) is 7.03. The fourth-order valence-corrected chi connectivity index (χ4v) is 5.16. The molecule has 2 amide bonds. The van der Waals surface area contributed by atoms with Crippen LogP contribution < -0.4 is 10.6 Å². The Morgan fingerprint density at radius 1 is 1.10 bits per heavy atom. The maximum atomic E-state index is 13.8. The van der Waals surface area contributed by atoms with Gasteiger partial charge in [-0.1, -0.05) is 37.5 Å². The molecule has 3 N–H and O–H groups in total. The van der Waals surface area contributed by atoms with Crippen LogP contribution in [0.15, 0.2) is 30.5 Å². The summed E-state index contributed by atoms with van der Waals surface area (Å²) in [5.74, 6) is 0.221. The first-order valence-electron chi connectivity index (χ1n) is 11.4. The van der Waals surface area contributed by atoms with E-state index >= 15 is 0 Å². The third kappa shape index (κ3) is 4.10. The SMILES string of the molecule is CN[C@@H](C)C(=O)N[C@H](C(=O)N1CCC[C@@H]1c1c[nH]c2ccccc12)C1CCCCC1. The average Bonchev–Trinajstić information content (AvgIpc) is 3.43. The number of fused-ring (bicyclic) bond motifs is 1. The zero-order chi connectivity index (χ0) is 21.1. The Hall–Kier alpha value is -2.34. The van der Waals surface area contributed by atoms with Gasteiger partial charge < -0.3 is 20.5 Å². The summed E-state index contributed by atoms with van der Waals surface area (Å²) in [7, 11) is 1.77. The molecule has 162 valence electrons. The largest absolute Gasteiger partial charge is 0.361 e. The van der Waals surface area contributed by atoms with Crippen LogP contribution in [0.5, 0.6) is 0 Å². The van der Waals surface area contributed by atoms with E-state index in [-0.39, 0.29) is 29.8 Å². The molecule has 1 aromatic carbocycles. The molecule has 30 heavy (non-hydrogen) atoms. The second-order valence-electron chi connectivity index (χ2n) is 8.87. The molecule has 4 rings (SSSR count). The molecule has 2 aliphatic rings. The second kappa shape index (κ2) is 9.21. The van der Waals surface area contributed by atoms with Crippen LogP contribution in [0.3, 0.4) is 0 Å². The molecular weight excluding hydrogens is 376 g/mol. The molecule has 2 aromatic rings. The predicted octanol–water partition coefficient (Wildman–Crippen LogP) is 3.50. The summed E-state index contributed by atoms with van der Waals surface area (Å²) in [6, 6.07) is 7.59. The van der Waals surface area contributed by atoms with Crippen molar-refractivity contribution in [1.29, 1.82) is 0 Å². The first-order chi connectivity index (χ1) is 14.6. The maximum absolute atomic E-state index is 13.8. The van der Waals surface area contributed by atoms with Gasteiger partial charge in [0.05, 0.1) is 12.1 Å². The highest BCUT2D eigenvalue weighted by Gasteiger charge is 2.39. The number of nitrogens with one attached hydrogen (secondary N) is 3. The molecule has 2 heterocycles. The number of aromatic nitrogens is 1. The number of carbonyl (C=O) groups excluding carboxylic acids is 2. The quantitative estimate of drug-likeness (QED) is 0.682. The molecule has 1 saturated heterocycles. The summed E-state index contributed by atoms with van der Waals surface area (Å²) in [6.45, 7) is 2.59. The van der Waals surface area contributed by atoms with Crippen LogP contribution in [0.2, 0.25) is 0 Å². The van der Waals surface area contributed by atoms with Crippen LogP contribution in [0, 0.1) is 5.92 Å². The Labute approximate surface area is 178 Å². The first kappa shape index (κ1) is 20.9. The number of likely N-dealkylation sites (tertiary alicyclic amines) is 1. The molecular formula is C24H34N4O2. The topological polar surface area (TPSA) is 77.2 Å². The van der Waals surface area contributed by atoms with E-state index < -0.39 is 6.04 Å². The number of amides is 2. The smallest absolute Gasteiger partial charge is 0.245 e. The minimum absolute atomic E-state index is 0.0679. The third-order valence-corrected chi connectivity index (χ3v) is 7.03. The summed E-state index contributed by atoms with van der Waals surface area (Å²) in [4.78, 5) is 31.9. The van der Waals surface area contributed by atoms with E-state index in [2.05, 4.69) is 33.9 Å². The Bertz CT molecular complexity index is 886. The molecule has 2 fully saturated rings. The summed E-state index contributed by atoms with van der Waals surface area (Å²) in [5.41, 5.74) is 2.29. The zero-order valence-corrected chi connectivity index (χ0v) is 18.1. The van der Waals surface area contributed by atoms with Gasteiger partial charge in [0.1, 0.15) is 6.04 Å². The van der Waals surface area contributed by atoms with Crippen molar-refractivity contribution in [2.45, 2.75) is 70.0 Å². The van der Waals surface area contributed by atoms with E-state index in [1.807, 2.05) is 24.0 Å². The van der Waals surface area contributed by atoms with Gasteiger partial charge >= 0.3 is 0 Å². The molecule has 1 aliphatic carbocycles. The van der Waals surface area contributed by atoms with Crippen molar-refractivity contribution < 1.29 is 9.59 Å². The maximum Gasteiger partial charge on any atom is 0.245 e. The number of benzene rings is 1. The lowest BCUT2D eigenvalue weighted by Crippen LogP contribution is -2.55. The fourth-order valence-electron chi connectivity index (χ4n) is 5.16. The van der Waals surface area contributed by atoms with E-state index in [1.54, 1.807) is 7.05 Å². The Morgan fingerprint density at radius 2 is 1.87 bits per heavy atom. The van der Waals surface area contributed by atoms with Crippen molar-refractivity contribution in [3.8, 4) is 0 Å². The van der Waals surface area contributed by atoms with Crippen molar-refractivity contribution >= 4 is 22.7 Å². The van der Waals surface area contributed by atoms with Gasteiger partial charge in [0, 0.05) is 23.6 Å². The van der Waals surface area contributed by atoms with Gasteiger partial charge in [-0.25, -0.2) is 0 Å². The van der Waals surface area contributed by atoms with Gasteiger partial charge in [-0.05, 0) is 57.2 Å². The van der Waals surface area contributed by atoms with Crippen molar-refractivity contribution in [3.05, 3.63) is 36.0 Å². The zero-order valence-electron chi connectivity index (χ0n) is 18.1. The van der Waals surface area contributed by atoms with Crippen molar-refractivity contribution in [1.82, 2.24) is 20.5 Å². The molecule has 0 unspecified atom stereocenters. The molecule has 0 bridgehead atoms. The molecule has 1 aromatic heterocycles. The lowest BCUT2D eigenvalue weighted by atomic mass is 9.83. The molecule has 6 heteroatoms. The Balaban J connectivity index is 1.59. The normalized spacial score (nSPS) is 22.2. The number of carbonyl (C=O) groups is 2. The van der Waals surface area contributed by atoms with Crippen LogP contribution in [-0.2, 0) is 9.59 Å². The Kier molecular flexibility index (Phi) is 6.42. The number of hydrogen-bond donors (Lipinski definition) is 3. The molecule has 3 atom stereocenters. The van der Waals surface area contributed by atoms with Gasteiger partial charge in [-0.2, -0.15) is 0 Å². The van der Waals surface area contributed by atoms with E-state index in [4.69, 9.17) is 0 Å². The van der Waals surface area contributed by atoms with Gasteiger partial charge in [0.15, 0.2) is 0 Å². The monoisotopic (exact) mass is 410 g/mol. The minimum Gasteiger partial charge on any atom is -0.361 e. The van der Waals surface area contributed by atoms with E-state index in [0.29, 0.717) is 0 Å². The molecule has 0 spiro atoms. The van der Waals surface area contributed by atoms with E-state index in [1.165, 1.54) is 17.4 Å². The van der Waals surface area contributed by atoms with Gasteiger partial charge in [0.2, 0.25) is 11.8 Å². The number of H-pyrrole nitrogens is 1. The number of likely N-dealkylation sites (N-methyl/N-ethyl adjacent to an activating group) is 1. The highest BCUT2D eigenvalue weighted by atomic mass is 16.2. The van der Waals surface area contributed by atoms with Crippen molar-refractivity contribution in [2.75, 3.05) is 13.6 Å². The number of hydrogen-bond acceptors (Lipinski definition) is 3. The van der Waals surface area contributed by atoms with Crippen molar-refractivity contribution in [3.63, 3.8) is 0 Å². The van der Waals surface area contributed by atoms with Gasteiger partial charge in [-0.15, -0.1) is 0 Å². The van der Waals surface area contributed by atoms with Crippen LogP contribution in [-0.4, -0.2) is 47.4 Å². The van der Waals surface area contributed by atoms with E-state index in [0.717, 1.165) is 50.6 Å². The van der Waals surface area contributed by atoms with Gasteiger partial charge in [0.25, 0.3) is 0 Å². The predicted molar refractivity (Wildman–Crippen MR) is 119 cm³/mol. The van der Waals surface area contributed by atoms with E-state index in [9.17, 15) is 9.59 Å². The van der Waals surface area contributed by atoms with Crippen LogP contribution >= 0.6 is 0 Å². The number of aromatic amines is 1. The molecule has 1 aliphatic heterocycles. The molecule has 1 saturated carbocycles. The van der Waals surface area contributed by atoms with Crippen LogP contribution in [0.4, 0.5) is 0 Å². The van der Waals surface area contributed by atoms with Crippen LogP contribution in [0.25, 0.3) is 10.9 Å². The fraction of sp³-hybridized carbons (Fsp3) is 0.583. The summed E-state index contributed by atoms with van der Waals surface area (Å²) >= 11 is 0. The summed E-state index contributed by atoms with van der Waals surface area (Å²) in [6.07, 6.45) is 9.53. The lowest BCUT2D eigenvalue weighted by molar-refractivity contribution is -0.139. The minimum atomic E-state index is -0.431. The van der Waals surface area contributed by atoms with Crippen molar-refractivity contribution in [2.24, 2.45) is 5.92 Å². The number of rotatable bonds is 6. The highest BCUT2D eigenvalue weighted by Crippen LogP contribution is 2.37. The second-order valence-corrected chi connectivity index (χ2v) is 8.87. The molecule has 0 radical (unpaired) electrons. The standard InChI is InChI=1S/C24H34N4O2/c1-16(25-2)23(29)27-22(17-9-4-3-5-10-17)24(30)28-14-8-13-21(28)19-15-26-20-12-7-6-11-18(19)20/h6-7,11-12,15-17,21-22,25-26H,3-5,8-10,13-14H2,1-2H3,(H,27,29)/t16-,21+,22-/m0/s1. The Morgan fingerprint density at radius 3 is 2.63 bits per heavy atom. The molecule has 6 nitrogen and oxygen atoms in total.